The summed E-state index contributed by atoms with van der Waals surface area (Å²) in [7, 11) is 0. The number of carbonyl (C=O) groups is 3. The maximum absolute atomic E-state index is 15.1. The van der Waals surface area contributed by atoms with E-state index in [4.69, 9.17) is 21.1 Å². The third kappa shape index (κ3) is 6.38. The van der Waals surface area contributed by atoms with Crippen molar-refractivity contribution in [3.63, 3.8) is 0 Å². The standard InChI is InChI=1S/C39H41BrClN3O6/c1-4-20-42(28-16-18-30(19-17-28)49-6-3)36(46)32-33-37(47)44(29(24-45)22-25-10-8-7-9-11-25)35(39(33)23-31(40)34(32)50-39)38(48)43(21-5-2)27-14-12-26(41)13-15-27/h4-5,7-19,29,31-35,45H,1-2,6,20-24H2,3H3/t29-,31?,32+,33+,34+,35?,39?/m1/s1. The van der Waals surface area contributed by atoms with Crippen LogP contribution in [0.2, 0.25) is 5.02 Å². The summed E-state index contributed by atoms with van der Waals surface area (Å²) in [6, 6.07) is 21.7. The Morgan fingerprint density at radius 3 is 2.20 bits per heavy atom. The van der Waals surface area contributed by atoms with Gasteiger partial charge in [0.2, 0.25) is 11.8 Å². The summed E-state index contributed by atoms with van der Waals surface area (Å²) >= 11 is 9.98. The minimum absolute atomic E-state index is 0.149. The number of fused-ring (bicyclic) bond motifs is 1. The molecule has 3 fully saturated rings. The number of aliphatic hydroxyl groups is 1. The van der Waals surface area contributed by atoms with Crippen molar-refractivity contribution in [3.8, 4) is 5.75 Å². The van der Waals surface area contributed by atoms with Gasteiger partial charge in [-0.3, -0.25) is 14.4 Å². The first-order valence-corrected chi connectivity index (χ1v) is 18.1. The molecule has 6 rings (SSSR count). The Bertz CT molecular complexity index is 1720. The Hall–Kier alpha value is -3.96. The number of ether oxygens (including phenoxy) is 2. The summed E-state index contributed by atoms with van der Waals surface area (Å²) in [5.41, 5.74) is 0.735. The number of alkyl halides is 1. The fourth-order valence-corrected chi connectivity index (χ4v) is 8.97. The molecule has 1 N–H and O–H groups in total. The second-order valence-corrected chi connectivity index (χ2v) is 14.4. The van der Waals surface area contributed by atoms with Crippen molar-refractivity contribution in [2.24, 2.45) is 11.8 Å². The topological polar surface area (TPSA) is 99.6 Å². The molecule has 3 aliphatic heterocycles. The van der Waals surface area contributed by atoms with Crippen molar-refractivity contribution >= 4 is 56.6 Å². The van der Waals surface area contributed by atoms with Crippen molar-refractivity contribution in [2.45, 2.75) is 48.4 Å². The quantitative estimate of drug-likeness (QED) is 0.164. The predicted octanol–water partition coefficient (Wildman–Crippen LogP) is 5.83. The van der Waals surface area contributed by atoms with Gasteiger partial charge in [-0.2, -0.15) is 0 Å². The Labute approximate surface area is 306 Å². The molecule has 3 unspecified atom stereocenters. The molecule has 3 aromatic carbocycles. The summed E-state index contributed by atoms with van der Waals surface area (Å²) in [5.74, 6) is -2.30. The van der Waals surface area contributed by atoms with Gasteiger partial charge in [-0.25, -0.2) is 0 Å². The van der Waals surface area contributed by atoms with Gasteiger partial charge in [-0.05, 0) is 73.9 Å². The van der Waals surface area contributed by atoms with E-state index in [2.05, 4.69) is 29.1 Å². The van der Waals surface area contributed by atoms with E-state index >= 15 is 4.79 Å². The van der Waals surface area contributed by atoms with E-state index in [1.165, 1.54) is 4.90 Å². The molecule has 11 heteroatoms. The van der Waals surface area contributed by atoms with Crippen LogP contribution in [0.25, 0.3) is 0 Å². The number of hydrogen-bond acceptors (Lipinski definition) is 6. The normalized spacial score (nSPS) is 25.6. The Balaban J connectivity index is 1.45. The van der Waals surface area contributed by atoms with Gasteiger partial charge < -0.3 is 29.3 Å². The van der Waals surface area contributed by atoms with Crippen LogP contribution in [0, 0.1) is 11.8 Å². The average Bonchev–Trinajstić information content (AvgIpc) is 3.72. The van der Waals surface area contributed by atoms with Crippen molar-refractivity contribution in [1.82, 2.24) is 4.90 Å². The van der Waals surface area contributed by atoms with Crippen LogP contribution in [0.5, 0.6) is 5.75 Å². The molecule has 3 heterocycles. The highest BCUT2D eigenvalue weighted by Gasteiger charge is 2.77. The number of amides is 3. The average molecular weight is 763 g/mol. The summed E-state index contributed by atoms with van der Waals surface area (Å²) in [4.78, 5) is 49.2. The smallest absolute Gasteiger partial charge is 0.253 e. The number of likely N-dealkylation sites (tertiary alicyclic amines) is 1. The summed E-state index contributed by atoms with van der Waals surface area (Å²) in [5, 5.41) is 11.4. The molecule has 7 atom stereocenters. The lowest BCUT2D eigenvalue weighted by Crippen LogP contribution is -2.59. The van der Waals surface area contributed by atoms with E-state index in [0.717, 1.165) is 5.56 Å². The van der Waals surface area contributed by atoms with Crippen molar-refractivity contribution < 1.29 is 29.0 Å². The number of anilines is 2. The molecule has 262 valence electrons. The molecule has 0 radical (unpaired) electrons. The second-order valence-electron chi connectivity index (χ2n) is 12.8. The number of nitrogens with zero attached hydrogens (tertiary/aromatic N) is 3. The monoisotopic (exact) mass is 761 g/mol. The van der Waals surface area contributed by atoms with E-state index in [0.29, 0.717) is 41.6 Å². The van der Waals surface area contributed by atoms with Gasteiger partial charge in [0.25, 0.3) is 5.91 Å². The van der Waals surface area contributed by atoms with Gasteiger partial charge in [0.05, 0.1) is 37.2 Å². The van der Waals surface area contributed by atoms with E-state index in [9.17, 15) is 14.7 Å². The highest BCUT2D eigenvalue weighted by molar-refractivity contribution is 9.09. The number of hydrogen-bond donors (Lipinski definition) is 1. The first kappa shape index (κ1) is 35.9. The minimum atomic E-state index is -1.35. The molecule has 0 aromatic heterocycles. The molecule has 3 amide bonds. The number of benzene rings is 3. The van der Waals surface area contributed by atoms with Crippen LogP contribution in [-0.4, -0.2) is 82.6 Å². The fourth-order valence-electron chi connectivity index (χ4n) is 7.90. The zero-order valence-electron chi connectivity index (χ0n) is 27.9. The lowest BCUT2D eigenvalue weighted by molar-refractivity contribution is -0.144. The maximum atomic E-state index is 15.1. The lowest BCUT2D eigenvalue weighted by Gasteiger charge is -2.39. The maximum Gasteiger partial charge on any atom is 0.253 e. The zero-order chi connectivity index (χ0) is 35.6. The molecule has 0 aliphatic carbocycles. The largest absolute Gasteiger partial charge is 0.494 e. The van der Waals surface area contributed by atoms with Crippen molar-refractivity contribution in [2.75, 3.05) is 36.1 Å². The van der Waals surface area contributed by atoms with Crippen LogP contribution in [0.4, 0.5) is 11.4 Å². The van der Waals surface area contributed by atoms with Gasteiger partial charge in [-0.1, -0.05) is 70.0 Å². The van der Waals surface area contributed by atoms with Gasteiger partial charge in [0, 0.05) is 34.3 Å². The SMILES string of the molecule is C=CCN(C(=O)C1N([C@@H](CO)Cc2ccccc2)C(=O)[C@@H]2[C@H](C(=O)N(CC=C)c3ccc(OCC)cc3)[C@H]3OC12CC3Br)c1ccc(Cl)cc1. The molecular formula is C39H41BrClN3O6. The summed E-state index contributed by atoms with van der Waals surface area (Å²) < 4.78 is 12.4. The number of rotatable bonds is 14. The van der Waals surface area contributed by atoms with Gasteiger partial charge in [0.1, 0.15) is 17.4 Å². The highest BCUT2D eigenvalue weighted by atomic mass is 79.9. The van der Waals surface area contributed by atoms with Gasteiger partial charge >= 0.3 is 0 Å². The lowest BCUT2D eigenvalue weighted by atomic mass is 9.70. The molecule has 3 aromatic rings. The highest BCUT2D eigenvalue weighted by Crippen LogP contribution is 2.61. The van der Waals surface area contributed by atoms with Gasteiger partial charge in [-0.15, -0.1) is 13.2 Å². The molecule has 0 saturated carbocycles. The zero-order valence-corrected chi connectivity index (χ0v) is 30.2. The Kier molecular flexibility index (Phi) is 10.8. The van der Waals surface area contributed by atoms with Crippen LogP contribution < -0.4 is 14.5 Å². The van der Waals surface area contributed by atoms with Crippen LogP contribution >= 0.6 is 27.5 Å². The summed E-state index contributed by atoms with van der Waals surface area (Å²) in [6.07, 6.45) is 3.20. The third-order valence-electron chi connectivity index (χ3n) is 9.92. The Morgan fingerprint density at radius 2 is 1.62 bits per heavy atom. The van der Waals surface area contributed by atoms with E-state index < -0.39 is 54.0 Å². The third-order valence-corrected chi connectivity index (χ3v) is 11.0. The molecule has 3 aliphatic rings. The predicted molar refractivity (Wildman–Crippen MR) is 198 cm³/mol. The van der Waals surface area contributed by atoms with E-state index in [1.54, 1.807) is 70.5 Å². The molecule has 2 bridgehead atoms. The first-order valence-electron chi connectivity index (χ1n) is 16.8. The number of aliphatic hydroxyl groups excluding tert-OH is 1. The van der Waals surface area contributed by atoms with Crippen LogP contribution in [0.3, 0.4) is 0 Å². The van der Waals surface area contributed by atoms with Crippen LogP contribution in [0.15, 0.2) is 104 Å². The fraction of sp³-hybridized carbons (Fsp3) is 0.359. The van der Waals surface area contributed by atoms with Crippen LogP contribution in [0.1, 0.15) is 18.9 Å². The number of carbonyl (C=O) groups excluding carboxylic acids is 3. The summed E-state index contributed by atoms with van der Waals surface area (Å²) in [6.45, 7) is 10.1. The van der Waals surface area contributed by atoms with E-state index in [1.807, 2.05) is 37.3 Å². The number of halogens is 2. The molecule has 3 saturated heterocycles. The van der Waals surface area contributed by atoms with E-state index in [-0.39, 0.29) is 23.8 Å². The molecule has 1 spiro atoms. The molecule has 9 nitrogen and oxygen atoms in total. The molecular weight excluding hydrogens is 722 g/mol. The van der Waals surface area contributed by atoms with Gasteiger partial charge in [0.15, 0.2) is 0 Å². The minimum Gasteiger partial charge on any atom is -0.494 e. The van der Waals surface area contributed by atoms with Crippen LogP contribution in [-0.2, 0) is 25.5 Å². The van der Waals surface area contributed by atoms with Crippen molar-refractivity contribution in [3.05, 3.63) is 115 Å². The molecule has 50 heavy (non-hydrogen) atoms. The first-order chi connectivity index (χ1) is 24.2. The van der Waals surface area contributed by atoms with Crippen molar-refractivity contribution in [1.29, 1.82) is 0 Å². The second kappa shape index (κ2) is 15.1. The Morgan fingerprint density at radius 1 is 1.02 bits per heavy atom.